The van der Waals surface area contributed by atoms with Crippen molar-refractivity contribution in [3.63, 3.8) is 0 Å². The lowest BCUT2D eigenvalue weighted by atomic mass is 10.2. The van der Waals surface area contributed by atoms with Crippen LogP contribution in [-0.2, 0) is 6.18 Å². The number of nitrogens with zero attached hydrogens (tertiary/aromatic N) is 3. The lowest BCUT2D eigenvalue weighted by Gasteiger charge is -2.19. The molecule has 1 aromatic heterocycles. The van der Waals surface area contributed by atoms with Gasteiger partial charge in [-0.2, -0.15) is 31.4 Å². The molecule has 4 nitrogen and oxygen atoms in total. The summed E-state index contributed by atoms with van der Waals surface area (Å²) in [5.74, 6) is -0.852. The highest BCUT2D eigenvalue weighted by atomic mass is 19.4. The molecular formula is C14H11F6N3O. The SMILES string of the molecule is CN(CC(F)(F)F)C(=O)c1ccc(-n2ccc(C(F)(F)F)n2)cc1. The molecule has 130 valence electrons. The Morgan fingerprint density at radius 1 is 1.08 bits per heavy atom. The van der Waals surface area contributed by atoms with Crippen molar-refractivity contribution in [3.8, 4) is 5.69 Å². The van der Waals surface area contributed by atoms with Crippen LogP contribution in [0.3, 0.4) is 0 Å². The molecule has 0 aliphatic rings. The second-order valence-electron chi connectivity index (χ2n) is 4.97. The van der Waals surface area contributed by atoms with E-state index < -0.39 is 30.5 Å². The molecule has 0 bridgehead atoms. The van der Waals surface area contributed by atoms with Crippen LogP contribution >= 0.6 is 0 Å². The van der Waals surface area contributed by atoms with Crippen LogP contribution < -0.4 is 0 Å². The molecule has 0 N–H and O–H groups in total. The van der Waals surface area contributed by atoms with Crippen LogP contribution in [-0.4, -0.2) is 40.4 Å². The average molecular weight is 351 g/mol. The number of hydrogen-bond donors (Lipinski definition) is 0. The van der Waals surface area contributed by atoms with Gasteiger partial charge in [-0.15, -0.1) is 0 Å². The molecule has 0 saturated carbocycles. The van der Waals surface area contributed by atoms with E-state index in [2.05, 4.69) is 5.10 Å². The molecule has 0 unspecified atom stereocenters. The quantitative estimate of drug-likeness (QED) is 0.794. The highest BCUT2D eigenvalue weighted by Gasteiger charge is 2.34. The van der Waals surface area contributed by atoms with Gasteiger partial charge in [0.25, 0.3) is 5.91 Å². The topological polar surface area (TPSA) is 38.1 Å². The van der Waals surface area contributed by atoms with Gasteiger partial charge >= 0.3 is 12.4 Å². The van der Waals surface area contributed by atoms with E-state index in [9.17, 15) is 31.1 Å². The van der Waals surface area contributed by atoms with Gasteiger partial charge in [-0.3, -0.25) is 4.79 Å². The number of alkyl halides is 6. The van der Waals surface area contributed by atoms with Crippen LogP contribution in [0.2, 0.25) is 0 Å². The number of carbonyl (C=O) groups excluding carboxylic acids is 1. The molecule has 0 aliphatic heterocycles. The van der Waals surface area contributed by atoms with Crippen molar-refractivity contribution in [2.24, 2.45) is 0 Å². The van der Waals surface area contributed by atoms with Gasteiger partial charge in [-0.05, 0) is 30.3 Å². The average Bonchev–Trinajstić information content (AvgIpc) is 2.94. The summed E-state index contributed by atoms with van der Waals surface area (Å²) in [6.45, 7) is -1.40. The first kappa shape index (κ1) is 17.8. The molecular weight excluding hydrogens is 340 g/mol. The Kier molecular flexibility index (Phi) is 4.59. The molecule has 2 aromatic rings. The maximum Gasteiger partial charge on any atom is 0.435 e. The molecule has 0 fully saturated rings. The first-order chi connectivity index (χ1) is 11.0. The number of halogens is 6. The third kappa shape index (κ3) is 4.27. The van der Waals surface area contributed by atoms with Gasteiger partial charge in [0.15, 0.2) is 5.69 Å². The molecule has 1 heterocycles. The summed E-state index contributed by atoms with van der Waals surface area (Å²) in [4.78, 5) is 12.4. The van der Waals surface area contributed by atoms with Crippen LogP contribution in [0.4, 0.5) is 26.3 Å². The maximum atomic E-state index is 12.5. The van der Waals surface area contributed by atoms with E-state index in [1.807, 2.05) is 0 Å². The van der Waals surface area contributed by atoms with E-state index in [-0.39, 0.29) is 11.3 Å². The van der Waals surface area contributed by atoms with E-state index in [0.717, 1.165) is 24.0 Å². The second-order valence-corrected chi connectivity index (χ2v) is 4.97. The van der Waals surface area contributed by atoms with Crippen LogP contribution in [0.25, 0.3) is 5.69 Å². The number of benzene rings is 1. The number of hydrogen-bond acceptors (Lipinski definition) is 2. The molecule has 1 aromatic carbocycles. The fourth-order valence-corrected chi connectivity index (χ4v) is 1.94. The third-order valence-electron chi connectivity index (χ3n) is 3.02. The van der Waals surface area contributed by atoms with Gasteiger partial charge in [0.05, 0.1) is 5.69 Å². The first-order valence-electron chi connectivity index (χ1n) is 6.53. The van der Waals surface area contributed by atoms with Gasteiger partial charge in [0.2, 0.25) is 0 Å². The Morgan fingerprint density at radius 2 is 1.67 bits per heavy atom. The van der Waals surface area contributed by atoms with E-state index in [1.54, 1.807) is 0 Å². The van der Waals surface area contributed by atoms with Gasteiger partial charge in [-0.25, -0.2) is 4.68 Å². The van der Waals surface area contributed by atoms with Crippen molar-refractivity contribution >= 4 is 5.91 Å². The zero-order chi connectivity index (χ0) is 18.1. The molecule has 2 rings (SSSR count). The minimum Gasteiger partial charge on any atom is -0.333 e. The summed E-state index contributed by atoms with van der Waals surface area (Å²) in [6.07, 6.45) is -8.01. The Balaban J connectivity index is 2.16. The van der Waals surface area contributed by atoms with Crippen LogP contribution in [0.5, 0.6) is 0 Å². The molecule has 10 heteroatoms. The lowest BCUT2D eigenvalue weighted by molar-refractivity contribution is -0.141. The summed E-state index contributed by atoms with van der Waals surface area (Å²) in [5, 5.41) is 3.36. The van der Waals surface area contributed by atoms with Gasteiger partial charge in [0.1, 0.15) is 6.54 Å². The number of aromatic nitrogens is 2. The lowest BCUT2D eigenvalue weighted by Crippen LogP contribution is -2.35. The van der Waals surface area contributed by atoms with E-state index >= 15 is 0 Å². The molecule has 0 spiro atoms. The van der Waals surface area contributed by atoms with E-state index in [0.29, 0.717) is 4.90 Å². The van der Waals surface area contributed by atoms with E-state index in [1.165, 1.54) is 24.3 Å². The fraction of sp³-hybridized carbons (Fsp3) is 0.286. The Morgan fingerprint density at radius 3 is 2.12 bits per heavy atom. The highest BCUT2D eigenvalue weighted by Crippen LogP contribution is 2.28. The zero-order valence-electron chi connectivity index (χ0n) is 12.2. The third-order valence-corrected chi connectivity index (χ3v) is 3.02. The number of amides is 1. The molecule has 0 aliphatic carbocycles. The standard InChI is InChI=1S/C14H11F6N3O/c1-22(8-13(15,16)17)12(24)9-2-4-10(5-3-9)23-7-6-11(21-23)14(18,19)20/h2-7H,8H2,1H3. The maximum absolute atomic E-state index is 12.5. The zero-order valence-corrected chi connectivity index (χ0v) is 12.2. The Labute approximate surface area is 132 Å². The smallest absolute Gasteiger partial charge is 0.333 e. The predicted octanol–water partition coefficient (Wildman–Crippen LogP) is 3.53. The van der Waals surface area contributed by atoms with Crippen molar-refractivity contribution in [1.82, 2.24) is 14.7 Å². The molecule has 1 amide bonds. The largest absolute Gasteiger partial charge is 0.435 e. The van der Waals surface area contributed by atoms with Gasteiger partial charge in [-0.1, -0.05) is 0 Å². The molecule has 0 atom stereocenters. The molecule has 0 saturated heterocycles. The predicted molar refractivity (Wildman–Crippen MR) is 71.6 cm³/mol. The number of rotatable bonds is 3. The van der Waals surface area contributed by atoms with Crippen molar-refractivity contribution in [2.75, 3.05) is 13.6 Å². The van der Waals surface area contributed by atoms with Gasteiger partial charge in [0, 0.05) is 18.8 Å². The Bertz CT molecular complexity index is 717. The fourth-order valence-electron chi connectivity index (χ4n) is 1.94. The van der Waals surface area contributed by atoms with Crippen LogP contribution in [0.15, 0.2) is 36.5 Å². The highest BCUT2D eigenvalue weighted by molar-refractivity contribution is 5.94. The Hall–Kier alpha value is -2.52. The summed E-state index contributed by atoms with van der Waals surface area (Å²) in [5.41, 5.74) is -0.859. The monoisotopic (exact) mass is 351 g/mol. The normalized spacial score (nSPS) is 12.3. The van der Waals surface area contributed by atoms with Crippen molar-refractivity contribution in [2.45, 2.75) is 12.4 Å². The molecule has 0 radical (unpaired) electrons. The summed E-state index contributed by atoms with van der Waals surface area (Å²) in [6, 6.07) is 5.82. The van der Waals surface area contributed by atoms with Crippen LogP contribution in [0.1, 0.15) is 16.1 Å². The van der Waals surface area contributed by atoms with E-state index in [4.69, 9.17) is 0 Å². The molecule has 24 heavy (non-hydrogen) atoms. The minimum absolute atomic E-state index is 0.0197. The van der Waals surface area contributed by atoms with Crippen molar-refractivity contribution < 1.29 is 31.1 Å². The van der Waals surface area contributed by atoms with Crippen LogP contribution in [0, 0.1) is 0 Å². The second kappa shape index (κ2) is 6.17. The summed E-state index contributed by atoms with van der Waals surface area (Å²) < 4.78 is 75.2. The van der Waals surface area contributed by atoms with Crippen molar-refractivity contribution in [1.29, 1.82) is 0 Å². The minimum atomic E-state index is -4.58. The summed E-state index contributed by atoms with van der Waals surface area (Å²) in [7, 11) is 1.01. The van der Waals surface area contributed by atoms with Crippen molar-refractivity contribution in [3.05, 3.63) is 47.8 Å². The van der Waals surface area contributed by atoms with Gasteiger partial charge < -0.3 is 4.90 Å². The first-order valence-corrected chi connectivity index (χ1v) is 6.53. The number of carbonyl (C=O) groups is 1. The summed E-state index contributed by atoms with van der Waals surface area (Å²) >= 11 is 0.